The van der Waals surface area contributed by atoms with Gasteiger partial charge in [-0.1, -0.05) is 43.3 Å². The summed E-state index contributed by atoms with van der Waals surface area (Å²) in [7, 11) is 0. The molecule has 4 nitrogen and oxygen atoms in total. The van der Waals surface area contributed by atoms with Crippen LogP contribution < -0.4 is 5.32 Å². The summed E-state index contributed by atoms with van der Waals surface area (Å²) in [6.07, 6.45) is 0.913. The Kier molecular flexibility index (Phi) is 2.88. The second kappa shape index (κ2) is 4.53. The van der Waals surface area contributed by atoms with E-state index in [1.165, 1.54) is 11.1 Å². The lowest BCUT2D eigenvalue weighted by atomic mass is 9.96. The molecule has 0 fully saturated rings. The summed E-state index contributed by atoms with van der Waals surface area (Å²) in [6.45, 7) is 5.00. The maximum absolute atomic E-state index is 5.36. The van der Waals surface area contributed by atoms with E-state index in [2.05, 4.69) is 53.6 Å². The molecule has 2 heterocycles. The predicted octanol–water partition coefficient (Wildman–Crippen LogP) is 2.58. The Morgan fingerprint density at radius 1 is 1.28 bits per heavy atom. The lowest BCUT2D eigenvalue weighted by Crippen LogP contribution is -2.28. The fourth-order valence-electron chi connectivity index (χ4n) is 2.25. The molecule has 0 spiro atoms. The zero-order valence-corrected chi connectivity index (χ0v) is 10.7. The van der Waals surface area contributed by atoms with Gasteiger partial charge in [-0.25, -0.2) is 0 Å². The molecule has 1 N–H and O–H groups in total. The van der Waals surface area contributed by atoms with Crippen LogP contribution in [0, 0.1) is 0 Å². The van der Waals surface area contributed by atoms with Gasteiger partial charge in [-0.2, -0.15) is 4.98 Å². The Morgan fingerprint density at radius 2 is 2.06 bits per heavy atom. The number of nitrogens with zero attached hydrogens (tertiary/aromatic N) is 2. The van der Waals surface area contributed by atoms with Gasteiger partial charge in [-0.05, 0) is 17.5 Å². The van der Waals surface area contributed by atoms with E-state index in [1.54, 1.807) is 0 Å². The lowest BCUT2D eigenvalue weighted by Gasteiger charge is -2.23. The standard InChI is InChI=1S/C14H17N3O/c1-9(2)13-16-14(18-17-13)12-7-10-5-3-4-6-11(10)8-15-12/h3-6,9,12,15H,7-8H2,1-2H3. The number of nitrogens with one attached hydrogen (secondary N) is 1. The van der Waals surface area contributed by atoms with Crippen LogP contribution in [0.15, 0.2) is 28.8 Å². The average Bonchev–Trinajstić information content (AvgIpc) is 2.88. The minimum absolute atomic E-state index is 0.139. The maximum atomic E-state index is 5.36. The highest BCUT2D eigenvalue weighted by molar-refractivity contribution is 5.30. The van der Waals surface area contributed by atoms with Crippen molar-refractivity contribution in [3.8, 4) is 0 Å². The summed E-state index contributed by atoms with van der Waals surface area (Å²) in [4.78, 5) is 4.47. The first kappa shape index (κ1) is 11.4. The van der Waals surface area contributed by atoms with Crippen LogP contribution in [-0.4, -0.2) is 10.1 Å². The Labute approximate surface area is 106 Å². The second-order valence-electron chi connectivity index (χ2n) is 5.05. The van der Waals surface area contributed by atoms with Crippen molar-refractivity contribution in [1.82, 2.24) is 15.5 Å². The van der Waals surface area contributed by atoms with Gasteiger partial charge < -0.3 is 9.84 Å². The van der Waals surface area contributed by atoms with E-state index in [-0.39, 0.29) is 6.04 Å². The van der Waals surface area contributed by atoms with E-state index >= 15 is 0 Å². The highest BCUT2D eigenvalue weighted by atomic mass is 16.5. The summed E-state index contributed by atoms with van der Waals surface area (Å²) < 4.78 is 5.36. The number of rotatable bonds is 2. The van der Waals surface area contributed by atoms with Crippen molar-refractivity contribution < 1.29 is 4.52 Å². The zero-order valence-electron chi connectivity index (χ0n) is 10.7. The van der Waals surface area contributed by atoms with Crippen LogP contribution in [-0.2, 0) is 13.0 Å². The van der Waals surface area contributed by atoms with Gasteiger partial charge in [0.1, 0.15) is 0 Å². The van der Waals surface area contributed by atoms with Crippen LogP contribution in [0.4, 0.5) is 0 Å². The van der Waals surface area contributed by atoms with Gasteiger partial charge in [0.05, 0.1) is 6.04 Å². The number of aromatic nitrogens is 2. The molecule has 0 saturated heterocycles. The minimum atomic E-state index is 0.139. The molecule has 1 aliphatic heterocycles. The minimum Gasteiger partial charge on any atom is -0.338 e. The fraction of sp³-hybridized carbons (Fsp3) is 0.429. The third-order valence-corrected chi connectivity index (χ3v) is 3.35. The zero-order chi connectivity index (χ0) is 12.5. The molecule has 0 bridgehead atoms. The molecule has 0 aliphatic carbocycles. The first-order chi connectivity index (χ1) is 8.74. The fourth-order valence-corrected chi connectivity index (χ4v) is 2.25. The summed E-state index contributed by atoms with van der Waals surface area (Å²) in [6, 6.07) is 8.62. The van der Waals surface area contributed by atoms with Gasteiger partial charge in [0, 0.05) is 12.5 Å². The van der Waals surface area contributed by atoms with Crippen molar-refractivity contribution in [2.45, 2.75) is 38.8 Å². The molecule has 1 aromatic heterocycles. The van der Waals surface area contributed by atoms with Crippen LogP contribution in [0.2, 0.25) is 0 Å². The molecule has 2 aromatic rings. The third-order valence-electron chi connectivity index (χ3n) is 3.35. The molecular formula is C14H17N3O. The molecule has 1 aromatic carbocycles. The normalized spacial score (nSPS) is 18.9. The van der Waals surface area contributed by atoms with E-state index in [0.717, 1.165) is 18.8 Å². The van der Waals surface area contributed by atoms with Crippen molar-refractivity contribution >= 4 is 0 Å². The summed E-state index contributed by atoms with van der Waals surface area (Å²) in [5, 5.41) is 7.47. The van der Waals surface area contributed by atoms with E-state index in [0.29, 0.717) is 11.8 Å². The average molecular weight is 243 g/mol. The molecule has 1 aliphatic rings. The topological polar surface area (TPSA) is 51.0 Å². The molecule has 0 saturated carbocycles. The highest BCUT2D eigenvalue weighted by Gasteiger charge is 2.24. The lowest BCUT2D eigenvalue weighted by molar-refractivity contribution is 0.318. The van der Waals surface area contributed by atoms with Crippen LogP contribution in [0.1, 0.15) is 48.6 Å². The Hall–Kier alpha value is -1.68. The van der Waals surface area contributed by atoms with Crippen molar-refractivity contribution in [1.29, 1.82) is 0 Å². The Bertz CT molecular complexity index is 547. The van der Waals surface area contributed by atoms with Crippen molar-refractivity contribution in [3.05, 3.63) is 47.1 Å². The molecule has 0 radical (unpaired) electrons. The second-order valence-corrected chi connectivity index (χ2v) is 5.05. The predicted molar refractivity (Wildman–Crippen MR) is 68.1 cm³/mol. The molecule has 3 rings (SSSR count). The molecule has 0 amide bonds. The SMILES string of the molecule is CC(C)c1noc(C2Cc3ccccc3CN2)n1. The van der Waals surface area contributed by atoms with Crippen LogP contribution in [0.3, 0.4) is 0 Å². The van der Waals surface area contributed by atoms with E-state index < -0.39 is 0 Å². The molecule has 94 valence electrons. The molecular weight excluding hydrogens is 226 g/mol. The maximum Gasteiger partial charge on any atom is 0.244 e. The largest absolute Gasteiger partial charge is 0.338 e. The van der Waals surface area contributed by atoms with Crippen molar-refractivity contribution in [2.75, 3.05) is 0 Å². The van der Waals surface area contributed by atoms with E-state index in [9.17, 15) is 0 Å². The quantitative estimate of drug-likeness (QED) is 0.880. The van der Waals surface area contributed by atoms with Crippen molar-refractivity contribution in [2.24, 2.45) is 0 Å². The summed E-state index contributed by atoms with van der Waals surface area (Å²) >= 11 is 0. The van der Waals surface area contributed by atoms with Crippen LogP contribution in [0.25, 0.3) is 0 Å². The van der Waals surface area contributed by atoms with Gasteiger partial charge >= 0.3 is 0 Å². The smallest absolute Gasteiger partial charge is 0.244 e. The van der Waals surface area contributed by atoms with Gasteiger partial charge in [-0.3, -0.25) is 0 Å². The number of fused-ring (bicyclic) bond motifs is 1. The monoisotopic (exact) mass is 243 g/mol. The van der Waals surface area contributed by atoms with Crippen molar-refractivity contribution in [3.63, 3.8) is 0 Å². The first-order valence-corrected chi connectivity index (χ1v) is 6.37. The van der Waals surface area contributed by atoms with Gasteiger partial charge in [0.25, 0.3) is 0 Å². The Balaban J connectivity index is 1.83. The van der Waals surface area contributed by atoms with Crippen LogP contribution in [0.5, 0.6) is 0 Å². The molecule has 1 atom stereocenters. The number of hydrogen-bond acceptors (Lipinski definition) is 4. The summed E-state index contributed by atoms with van der Waals surface area (Å²) in [5.74, 6) is 1.79. The molecule has 18 heavy (non-hydrogen) atoms. The molecule has 1 unspecified atom stereocenters. The highest BCUT2D eigenvalue weighted by Crippen LogP contribution is 2.25. The first-order valence-electron chi connectivity index (χ1n) is 6.37. The van der Waals surface area contributed by atoms with Gasteiger partial charge in [-0.15, -0.1) is 0 Å². The van der Waals surface area contributed by atoms with Gasteiger partial charge in [0.2, 0.25) is 5.89 Å². The number of hydrogen-bond donors (Lipinski definition) is 1. The molecule has 4 heteroatoms. The van der Waals surface area contributed by atoms with E-state index in [1.807, 2.05) is 0 Å². The van der Waals surface area contributed by atoms with Gasteiger partial charge in [0.15, 0.2) is 5.82 Å². The van der Waals surface area contributed by atoms with E-state index in [4.69, 9.17) is 4.52 Å². The third kappa shape index (κ3) is 2.04. The summed E-state index contributed by atoms with van der Waals surface area (Å²) in [5.41, 5.74) is 2.72. The van der Waals surface area contributed by atoms with Crippen LogP contribution >= 0.6 is 0 Å². The Morgan fingerprint density at radius 3 is 2.78 bits per heavy atom. The number of benzene rings is 1.